The minimum atomic E-state index is 0.373. The molecule has 2 rings (SSSR count). The number of rotatable bonds is 7. The predicted molar refractivity (Wildman–Crippen MR) is 73.0 cm³/mol. The first-order valence-corrected chi connectivity index (χ1v) is 6.91. The highest BCUT2D eigenvalue weighted by molar-refractivity contribution is 5.20. The van der Waals surface area contributed by atoms with Gasteiger partial charge in [0.25, 0.3) is 0 Å². The first-order valence-electron chi connectivity index (χ1n) is 6.91. The van der Waals surface area contributed by atoms with Crippen LogP contribution in [-0.2, 0) is 4.74 Å². The van der Waals surface area contributed by atoms with E-state index in [4.69, 9.17) is 9.47 Å². The van der Waals surface area contributed by atoms with Gasteiger partial charge in [-0.1, -0.05) is 25.1 Å². The molecule has 1 fully saturated rings. The summed E-state index contributed by atoms with van der Waals surface area (Å²) in [6.07, 6.45) is 3.84. The molecule has 0 spiro atoms. The van der Waals surface area contributed by atoms with Crippen molar-refractivity contribution in [1.29, 1.82) is 0 Å². The average molecular weight is 249 g/mol. The maximum atomic E-state index is 5.81. The van der Waals surface area contributed by atoms with Crippen LogP contribution < -0.4 is 10.1 Å². The third-order valence-electron chi connectivity index (χ3n) is 3.26. The van der Waals surface area contributed by atoms with E-state index in [1.807, 2.05) is 30.3 Å². The highest BCUT2D eigenvalue weighted by Gasteiger charge is 2.20. The van der Waals surface area contributed by atoms with Crippen molar-refractivity contribution in [2.24, 2.45) is 0 Å². The lowest BCUT2D eigenvalue weighted by atomic mass is 10.1. The molecule has 18 heavy (non-hydrogen) atoms. The van der Waals surface area contributed by atoms with Crippen LogP contribution in [0, 0.1) is 0 Å². The molecule has 1 heterocycles. The van der Waals surface area contributed by atoms with Crippen molar-refractivity contribution in [1.82, 2.24) is 5.32 Å². The second-order valence-electron chi connectivity index (χ2n) is 4.75. The van der Waals surface area contributed by atoms with Gasteiger partial charge in [0.05, 0.1) is 6.10 Å². The van der Waals surface area contributed by atoms with Crippen molar-refractivity contribution >= 4 is 0 Å². The number of nitrogens with one attached hydrogen (secondary N) is 1. The quantitative estimate of drug-likeness (QED) is 0.805. The summed E-state index contributed by atoms with van der Waals surface area (Å²) in [5, 5.41) is 3.47. The lowest BCUT2D eigenvalue weighted by Gasteiger charge is -2.21. The van der Waals surface area contributed by atoms with E-state index in [0.717, 1.165) is 25.3 Å². The monoisotopic (exact) mass is 249 g/mol. The largest absolute Gasteiger partial charge is 0.492 e. The standard InChI is InChI=1S/C15H23NO2/c1-2-16-13(11-15-9-6-10-17-15)12-18-14-7-4-3-5-8-14/h3-5,7-8,13,15-16H,2,6,9-12H2,1H3. The van der Waals surface area contributed by atoms with E-state index in [1.165, 1.54) is 12.8 Å². The molecule has 2 atom stereocenters. The highest BCUT2D eigenvalue weighted by Crippen LogP contribution is 2.18. The summed E-state index contributed by atoms with van der Waals surface area (Å²) in [5.41, 5.74) is 0. The lowest BCUT2D eigenvalue weighted by Crippen LogP contribution is -2.37. The van der Waals surface area contributed by atoms with Crippen LogP contribution in [-0.4, -0.2) is 31.9 Å². The van der Waals surface area contributed by atoms with E-state index in [1.54, 1.807) is 0 Å². The van der Waals surface area contributed by atoms with Gasteiger partial charge < -0.3 is 14.8 Å². The molecule has 0 aliphatic carbocycles. The van der Waals surface area contributed by atoms with Crippen molar-refractivity contribution in [3.63, 3.8) is 0 Å². The third kappa shape index (κ3) is 4.31. The average Bonchev–Trinajstić information content (AvgIpc) is 2.90. The van der Waals surface area contributed by atoms with Gasteiger partial charge in [0.1, 0.15) is 12.4 Å². The molecule has 1 N–H and O–H groups in total. The molecule has 1 aliphatic heterocycles. The molecule has 3 nitrogen and oxygen atoms in total. The molecule has 0 amide bonds. The van der Waals surface area contributed by atoms with E-state index in [-0.39, 0.29) is 0 Å². The highest BCUT2D eigenvalue weighted by atomic mass is 16.5. The van der Waals surface area contributed by atoms with Gasteiger partial charge in [-0.3, -0.25) is 0 Å². The molecule has 0 bridgehead atoms. The second kappa shape index (κ2) is 7.39. The normalized spacial score (nSPS) is 20.8. The van der Waals surface area contributed by atoms with Gasteiger partial charge in [-0.05, 0) is 37.9 Å². The number of ether oxygens (including phenoxy) is 2. The van der Waals surface area contributed by atoms with Gasteiger partial charge in [-0.25, -0.2) is 0 Å². The molecule has 1 aromatic carbocycles. The van der Waals surface area contributed by atoms with Gasteiger partial charge in [-0.2, -0.15) is 0 Å². The van der Waals surface area contributed by atoms with Gasteiger partial charge in [0.2, 0.25) is 0 Å². The molecule has 1 aromatic rings. The Kier molecular flexibility index (Phi) is 5.49. The number of benzene rings is 1. The molecular formula is C15H23NO2. The van der Waals surface area contributed by atoms with E-state index in [9.17, 15) is 0 Å². The minimum Gasteiger partial charge on any atom is -0.492 e. The molecule has 1 aliphatic rings. The summed E-state index contributed by atoms with van der Waals surface area (Å²) in [6, 6.07) is 10.4. The first kappa shape index (κ1) is 13.4. The van der Waals surface area contributed by atoms with Crippen LogP contribution in [0.5, 0.6) is 5.75 Å². The van der Waals surface area contributed by atoms with Crippen LogP contribution in [0.4, 0.5) is 0 Å². The first-order chi connectivity index (χ1) is 8.88. The van der Waals surface area contributed by atoms with Crippen LogP contribution >= 0.6 is 0 Å². The fourth-order valence-corrected chi connectivity index (χ4v) is 2.36. The summed E-state index contributed by atoms with van der Waals surface area (Å²) < 4.78 is 11.5. The third-order valence-corrected chi connectivity index (χ3v) is 3.26. The summed E-state index contributed by atoms with van der Waals surface area (Å²) in [7, 11) is 0. The molecule has 2 unspecified atom stereocenters. The Morgan fingerprint density at radius 1 is 1.39 bits per heavy atom. The van der Waals surface area contributed by atoms with Crippen LogP contribution in [0.3, 0.4) is 0 Å². The number of hydrogen-bond acceptors (Lipinski definition) is 3. The Balaban J connectivity index is 1.78. The molecule has 3 heteroatoms. The molecular weight excluding hydrogens is 226 g/mol. The number of para-hydroxylation sites is 1. The predicted octanol–water partition coefficient (Wildman–Crippen LogP) is 2.61. The second-order valence-corrected chi connectivity index (χ2v) is 4.75. The van der Waals surface area contributed by atoms with Gasteiger partial charge >= 0.3 is 0 Å². The van der Waals surface area contributed by atoms with Crippen molar-refractivity contribution < 1.29 is 9.47 Å². The Morgan fingerprint density at radius 2 is 2.22 bits per heavy atom. The Labute approximate surface area is 109 Å². The summed E-state index contributed by atoms with van der Waals surface area (Å²) in [6.45, 7) is 4.72. The van der Waals surface area contributed by atoms with E-state index in [0.29, 0.717) is 18.8 Å². The van der Waals surface area contributed by atoms with Crippen molar-refractivity contribution in [3.8, 4) is 5.75 Å². The maximum absolute atomic E-state index is 5.81. The van der Waals surface area contributed by atoms with Crippen LogP contribution in [0.25, 0.3) is 0 Å². The summed E-state index contributed by atoms with van der Waals surface area (Å²) in [5.74, 6) is 0.938. The summed E-state index contributed by atoms with van der Waals surface area (Å²) in [4.78, 5) is 0. The lowest BCUT2D eigenvalue weighted by molar-refractivity contribution is 0.0873. The van der Waals surface area contributed by atoms with Crippen LogP contribution in [0.1, 0.15) is 26.2 Å². The fourth-order valence-electron chi connectivity index (χ4n) is 2.36. The molecule has 0 radical (unpaired) electrons. The van der Waals surface area contributed by atoms with Crippen molar-refractivity contribution in [2.45, 2.75) is 38.3 Å². The Bertz CT molecular complexity index is 323. The maximum Gasteiger partial charge on any atom is 0.119 e. The SMILES string of the molecule is CCNC(COc1ccccc1)CC1CCCO1. The molecule has 0 aromatic heterocycles. The van der Waals surface area contributed by atoms with Gasteiger partial charge in [-0.15, -0.1) is 0 Å². The molecule has 1 saturated heterocycles. The fraction of sp³-hybridized carbons (Fsp3) is 0.600. The van der Waals surface area contributed by atoms with Crippen LogP contribution in [0.2, 0.25) is 0 Å². The Morgan fingerprint density at radius 3 is 2.89 bits per heavy atom. The van der Waals surface area contributed by atoms with E-state index in [2.05, 4.69) is 12.2 Å². The zero-order valence-electron chi connectivity index (χ0n) is 11.1. The summed E-state index contributed by atoms with van der Waals surface area (Å²) >= 11 is 0. The minimum absolute atomic E-state index is 0.373. The Hall–Kier alpha value is -1.06. The molecule has 0 saturated carbocycles. The smallest absolute Gasteiger partial charge is 0.119 e. The zero-order chi connectivity index (χ0) is 12.6. The topological polar surface area (TPSA) is 30.5 Å². The number of likely N-dealkylation sites (N-methyl/N-ethyl adjacent to an activating group) is 1. The van der Waals surface area contributed by atoms with E-state index >= 15 is 0 Å². The van der Waals surface area contributed by atoms with Gasteiger partial charge in [0.15, 0.2) is 0 Å². The molecule has 100 valence electrons. The van der Waals surface area contributed by atoms with Crippen molar-refractivity contribution in [2.75, 3.05) is 19.8 Å². The van der Waals surface area contributed by atoms with Gasteiger partial charge in [0, 0.05) is 12.6 Å². The number of hydrogen-bond donors (Lipinski definition) is 1. The van der Waals surface area contributed by atoms with Crippen molar-refractivity contribution in [3.05, 3.63) is 30.3 Å². The van der Waals surface area contributed by atoms with Crippen LogP contribution in [0.15, 0.2) is 30.3 Å². The zero-order valence-corrected chi connectivity index (χ0v) is 11.1. The van der Waals surface area contributed by atoms with E-state index < -0.39 is 0 Å².